The van der Waals surface area contributed by atoms with E-state index in [1.807, 2.05) is 52.0 Å². The standard InChI is InChI=1S/C23H31FN2O.C18H24FNO.2C16H22FN/c1-14-11-19(14)25-12-15(2)22(27)18-5-6-20(16(3)21(18)24)26-10-7-17(13-26)23(4)8-9-23;1-4-16(21)14-5-6-15(12(2)17(14)19)20-10-7-13(11-20)18(3)8-9-18;2*1-11-4-5-14(12(2)15(11)17)18-9-6-13(10-18)16(3)7-8-16/h5-6,12,14,17,19,25H,7-11,13H2,1-4H3;5-6,13H,4,7-11H2,1-3H3;2*4-5,13H,6-10H2,1-3H3/t14-,17+,19+;3*13-/m0111/s1. The zero-order chi connectivity index (χ0) is 60.4. The number of hydrogen-bond donors (Lipinski definition) is 1. The summed E-state index contributed by atoms with van der Waals surface area (Å²) < 4.78 is 57.4. The van der Waals surface area contributed by atoms with Gasteiger partial charge in [0.2, 0.25) is 0 Å². The van der Waals surface area contributed by atoms with Crippen LogP contribution in [-0.2, 0) is 0 Å². The molecule has 7 nitrogen and oxygen atoms in total. The number of allylic oxidation sites excluding steroid dienone is 1. The minimum Gasteiger partial charge on any atom is -0.388 e. The van der Waals surface area contributed by atoms with Crippen LogP contribution in [0.4, 0.5) is 40.3 Å². The minimum atomic E-state index is -0.369. The Morgan fingerprint density at radius 2 is 0.798 bits per heavy atom. The number of halogens is 4. The van der Waals surface area contributed by atoms with Crippen LogP contribution in [0, 0.1) is 116 Å². The van der Waals surface area contributed by atoms with E-state index in [-0.39, 0.29) is 46.0 Å². The van der Waals surface area contributed by atoms with Gasteiger partial charge < -0.3 is 24.9 Å². The average Bonchev–Trinajstić information content (AvgIpc) is 4.51. The number of Topliss-reactive ketones (excluding diaryl/α,β-unsaturated/α-hetero) is 2. The van der Waals surface area contributed by atoms with Crippen LogP contribution in [0.25, 0.3) is 0 Å². The Labute approximate surface area is 501 Å². The third kappa shape index (κ3) is 13.0. The second-order valence-corrected chi connectivity index (χ2v) is 29.1. The highest BCUT2D eigenvalue weighted by Crippen LogP contribution is 2.57. The maximum atomic E-state index is 15.0. The molecule has 4 aromatic carbocycles. The van der Waals surface area contributed by atoms with Gasteiger partial charge in [-0.1, -0.05) is 53.7 Å². The van der Waals surface area contributed by atoms with E-state index in [0.717, 1.165) is 122 Å². The second-order valence-electron chi connectivity index (χ2n) is 29.1. The molecule has 4 heterocycles. The quantitative estimate of drug-likeness (QED) is 0.0767. The van der Waals surface area contributed by atoms with Gasteiger partial charge in [-0.2, -0.15) is 0 Å². The predicted octanol–water partition coefficient (Wildman–Crippen LogP) is 17.3. The molecule has 5 saturated carbocycles. The molecule has 5 aliphatic carbocycles. The normalized spacial score (nSPS) is 26.1. The lowest BCUT2D eigenvalue weighted by molar-refractivity contribution is 0.0982. The van der Waals surface area contributed by atoms with Gasteiger partial charge in [-0.3, -0.25) is 9.59 Å². The number of anilines is 4. The van der Waals surface area contributed by atoms with Crippen LogP contribution in [-0.4, -0.2) is 70.0 Å². The number of benzene rings is 4. The Hall–Kier alpha value is -5.32. The Bertz CT molecular complexity index is 3060. The van der Waals surface area contributed by atoms with E-state index in [9.17, 15) is 22.8 Å². The summed E-state index contributed by atoms with van der Waals surface area (Å²) in [7, 11) is 0. The molecular weight excluding hydrogens is 1050 g/mol. The van der Waals surface area contributed by atoms with E-state index in [1.165, 1.54) is 77.0 Å². The number of carbonyl (C=O) groups is 2. The van der Waals surface area contributed by atoms with Crippen molar-refractivity contribution in [2.45, 2.75) is 186 Å². The predicted molar refractivity (Wildman–Crippen MR) is 338 cm³/mol. The summed E-state index contributed by atoms with van der Waals surface area (Å²) in [4.78, 5) is 33.8. The zero-order valence-corrected chi connectivity index (χ0v) is 53.3. The summed E-state index contributed by atoms with van der Waals surface area (Å²) in [6.45, 7) is 34.8. The van der Waals surface area contributed by atoms with Gasteiger partial charge in [0.05, 0.1) is 11.1 Å². The monoisotopic (exact) mass is 1150 g/mol. The van der Waals surface area contributed by atoms with Gasteiger partial charge in [0.1, 0.15) is 23.3 Å². The SMILES string of the molecule is CC(=CN[C@@H]1C[C@@H]1C)C(=O)c1ccc(N2CC[C@@H](C3(C)CC3)C2)c(C)c1F.CCC(=O)c1ccc(N2CC[C@@H](C3(C)CC3)C2)c(C)c1F.Cc1ccc(N2CC[C@@H](C3(C)CC3)C2)c(C)c1F.Cc1ccc(N2CC[C@@H](C3(C)CC3)C2)c(C)c1F. The highest BCUT2D eigenvalue weighted by Gasteiger charge is 2.50. The lowest BCUT2D eigenvalue weighted by Gasteiger charge is -2.24. The summed E-state index contributed by atoms with van der Waals surface area (Å²) in [5, 5.41) is 3.26. The molecule has 13 rings (SSSR count). The molecule has 1 N–H and O–H groups in total. The molecule has 9 fully saturated rings. The maximum absolute atomic E-state index is 15.0. The smallest absolute Gasteiger partial charge is 0.193 e. The molecule has 6 atom stereocenters. The highest BCUT2D eigenvalue weighted by atomic mass is 19.1. The lowest BCUT2D eigenvalue weighted by Crippen LogP contribution is -2.23. The number of ketones is 2. The highest BCUT2D eigenvalue weighted by molar-refractivity contribution is 6.08. The summed E-state index contributed by atoms with van der Waals surface area (Å²) in [6, 6.07) is 15.6. The van der Waals surface area contributed by atoms with Crippen molar-refractivity contribution in [1.82, 2.24) is 5.32 Å². The van der Waals surface area contributed by atoms with Crippen molar-refractivity contribution in [2.24, 2.45) is 51.2 Å². The first-order valence-electron chi connectivity index (χ1n) is 32.4. The van der Waals surface area contributed by atoms with E-state index in [2.05, 4.69) is 71.7 Å². The molecule has 0 bridgehead atoms. The first-order valence-corrected chi connectivity index (χ1v) is 32.4. The fraction of sp³-hybridized carbons (Fsp3) is 0.616. The lowest BCUT2D eigenvalue weighted by atomic mass is 9.90. The van der Waals surface area contributed by atoms with Crippen molar-refractivity contribution in [3.05, 3.63) is 128 Å². The number of nitrogens with one attached hydrogen (secondary N) is 1. The fourth-order valence-corrected chi connectivity index (χ4v) is 14.6. The third-order valence-electron chi connectivity index (χ3n) is 22.9. The van der Waals surface area contributed by atoms with Gasteiger partial charge in [-0.15, -0.1) is 0 Å². The molecule has 456 valence electrons. The first kappa shape index (κ1) is 61.8. The molecule has 0 radical (unpaired) electrons. The number of aryl methyl sites for hydroxylation is 2. The third-order valence-corrected chi connectivity index (χ3v) is 22.9. The van der Waals surface area contributed by atoms with E-state index in [0.29, 0.717) is 62.7 Å². The molecule has 4 aromatic rings. The summed E-state index contributed by atoms with van der Waals surface area (Å²) in [6.07, 6.45) is 19.0. The van der Waals surface area contributed by atoms with Crippen molar-refractivity contribution in [3.63, 3.8) is 0 Å². The largest absolute Gasteiger partial charge is 0.388 e. The van der Waals surface area contributed by atoms with Gasteiger partial charge in [0, 0.05) is 122 Å². The van der Waals surface area contributed by atoms with Crippen molar-refractivity contribution >= 4 is 34.3 Å². The van der Waals surface area contributed by atoms with Crippen LogP contribution < -0.4 is 24.9 Å². The van der Waals surface area contributed by atoms with Crippen LogP contribution in [0.15, 0.2) is 60.3 Å². The zero-order valence-electron chi connectivity index (χ0n) is 53.3. The second kappa shape index (κ2) is 24.1. The maximum Gasteiger partial charge on any atom is 0.193 e. The average molecular weight is 1150 g/mol. The van der Waals surface area contributed by atoms with Crippen LogP contribution in [0.1, 0.15) is 192 Å². The molecular formula is C73H99F4N5O2. The van der Waals surface area contributed by atoms with Gasteiger partial charge in [0.25, 0.3) is 0 Å². The molecule has 0 unspecified atom stereocenters. The summed E-state index contributed by atoms with van der Waals surface area (Å²) in [5.41, 5.74) is 11.7. The van der Waals surface area contributed by atoms with Gasteiger partial charge in [0.15, 0.2) is 11.6 Å². The van der Waals surface area contributed by atoms with E-state index < -0.39 is 0 Å². The fourth-order valence-electron chi connectivity index (χ4n) is 14.6. The Morgan fingerprint density at radius 3 is 1.11 bits per heavy atom. The molecule has 4 aliphatic heterocycles. The van der Waals surface area contributed by atoms with Crippen molar-refractivity contribution < 1.29 is 27.2 Å². The summed E-state index contributed by atoms with van der Waals surface area (Å²) in [5.74, 6) is 2.60. The summed E-state index contributed by atoms with van der Waals surface area (Å²) >= 11 is 0. The Kier molecular flexibility index (Phi) is 17.7. The molecule has 84 heavy (non-hydrogen) atoms. The van der Waals surface area contributed by atoms with Crippen molar-refractivity contribution in [2.75, 3.05) is 72.0 Å². The molecule has 9 aliphatic rings. The molecule has 0 aromatic heterocycles. The first-order chi connectivity index (χ1) is 39.8. The number of carbonyl (C=O) groups excluding carboxylic acids is 2. The number of rotatable bonds is 14. The van der Waals surface area contributed by atoms with Gasteiger partial charge in [-0.05, 0) is 231 Å². The van der Waals surface area contributed by atoms with Crippen LogP contribution in [0.3, 0.4) is 0 Å². The molecule has 11 heteroatoms. The topological polar surface area (TPSA) is 59.1 Å². The van der Waals surface area contributed by atoms with Gasteiger partial charge >= 0.3 is 0 Å². The van der Waals surface area contributed by atoms with E-state index in [4.69, 9.17) is 0 Å². The number of hydrogen-bond acceptors (Lipinski definition) is 7. The van der Waals surface area contributed by atoms with Crippen molar-refractivity contribution in [3.8, 4) is 0 Å². The van der Waals surface area contributed by atoms with Crippen molar-refractivity contribution in [1.29, 1.82) is 0 Å². The van der Waals surface area contributed by atoms with E-state index in [1.54, 1.807) is 46.0 Å². The minimum absolute atomic E-state index is 0.0337. The van der Waals surface area contributed by atoms with Crippen LogP contribution in [0.5, 0.6) is 0 Å². The van der Waals surface area contributed by atoms with E-state index >= 15 is 4.39 Å². The van der Waals surface area contributed by atoms with Crippen LogP contribution >= 0.6 is 0 Å². The van der Waals surface area contributed by atoms with Gasteiger partial charge in [-0.25, -0.2) is 17.6 Å². The molecule has 0 amide bonds. The Balaban J connectivity index is 0.000000127. The molecule has 0 spiro atoms. The number of nitrogens with zero attached hydrogens (tertiary/aromatic N) is 4. The Morgan fingerprint density at radius 1 is 0.500 bits per heavy atom. The molecule has 4 saturated heterocycles. The van der Waals surface area contributed by atoms with Crippen LogP contribution in [0.2, 0.25) is 0 Å².